The first-order valence-corrected chi connectivity index (χ1v) is 6.30. The Labute approximate surface area is 106 Å². The number of halogens is 2. The van der Waals surface area contributed by atoms with Crippen LogP contribution in [0.3, 0.4) is 0 Å². The van der Waals surface area contributed by atoms with Gasteiger partial charge in [0.15, 0.2) is 0 Å². The van der Waals surface area contributed by atoms with Gasteiger partial charge in [0.25, 0.3) is 0 Å². The summed E-state index contributed by atoms with van der Waals surface area (Å²) in [6, 6.07) is 3.61. The van der Waals surface area contributed by atoms with Gasteiger partial charge in [0.05, 0.1) is 6.10 Å². The molecule has 1 aromatic rings. The van der Waals surface area contributed by atoms with Crippen molar-refractivity contribution in [3.05, 3.63) is 35.4 Å². The minimum atomic E-state index is -0.443. The van der Waals surface area contributed by atoms with Gasteiger partial charge in [-0.05, 0) is 49.4 Å². The zero-order chi connectivity index (χ0) is 13.2. The summed E-state index contributed by atoms with van der Waals surface area (Å²) in [6.07, 6.45) is 3.36. The number of methoxy groups -OCH3 is 1. The number of hydrogen-bond acceptors (Lipinski definition) is 2. The molecule has 0 atom stereocenters. The molecule has 0 radical (unpaired) electrons. The molecule has 0 heterocycles. The van der Waals surface area contributed by atoms with E-state index < -0.39 is 11.2 Å². The molecule has 1 aliphatic carbocycles. The third kappa shape index (κ3) is 2.40. The summed E-state index contributed by atoms with van der Waals surface area (Å²) in [7, 11) is 1.68. The van der Waals surface area contributed by atoms with Gasteiger partial charge < -0.3 is 10.5 Å². The van der Waals surface area contributed by atoms with Crippen LogP contribution in [-0.2, 0) is 10.2 Å². The summed E-state index contributed by atoms with van der Waals surface area (Å²) in [5.74, 6) is -0.772. The van der Waals surface area contributed by atoms with E-state index in [1.165, 1.54) is 12.1 Å². The summed E-state index contributed by atoms with van der Waals surface area (Å²) in [5, 5.41) is 0. The van der Waals surface area contributed by atoms with Crippen LogP contribution in [-0.4, -0.2) is 19.8 Å². The first-order chi connectivity index (χ1) is 8.61. The van der Waals surface area contributed by atoms with Crippen molar-refractivity contribution in [2.24, 2.45) is 5.73 Å². The van der Waals surface area contributed by atoms with E-state index in [2.05, 4.69) is 0 Å². The zero-order valence-corrected chi connectivity index (χ0v) is 10.6. The molecule has 0 amide bonds. The summed E-state index contributed by atoms with van der Waals surface area (Å²) >= 11 is 0. The van der Waals surface area contributed by atoms with Crippen LogP contribution < -0.4 is 5.73 Å². The van der Waals surface area contributed by atoms with Crippen molar-refractivity contribution in [1.29, 1.82) is 0 Å². The van der Waals surface area contributed by atoms with Gasteiger partial charge in [0.1, 0.15) is 11.6 Å². The van der Waals surface area contributed by atoms with Crippen molar-refractivity contribution in [1.82, 2.24) is 0 Å². The van der Waals surface area contributed by atoms with Gasteiger partial charge in [0, 0.05) is 19.1 Å². The van der Waals surface area contributed by atoms with Crippen LogP contribution in [0.5, 0.6) is 0 Å². The molecule has 0 saturated heterocycles. The predicted octanol–water partition coefficient (Wildman–Crippen LogP) is 2.75. The van der Waals surface area contributed by atoms with Crippen LogP contribution in [0.2, 0.25) is 0 Å². The maximum Gasteiger partial charge on any atom is 0.127 e. The van der Waals surface area contributed by atoms with Gasteiger partial charge in [-0.15, -0.1) is 0 Å². The molecule has 1 aromatic carbocycles. The third-order valence-electron chi connectivity index (χ3n) is 4.11. The first kappa shape index (κ1) is 13.4. The summed E-state index contributed by atoms with van der Waals surface area (Å²) in [5.41, 5.74) is 5.82. The SMILES string of the molecule is COC1CCC(CN)(c2cc(F)ccc2F)CC1. The fraction of sp³-hybridized carbons (Fsp3) is 0.571. The molecule has 0 unspecified atom stereocenters. The molecule has 18 heavy (non-hydrogen) atoms. The van der Waals surface area contributed by atoms with Gasteiger partial charge >= 0.3 is 0 Å². The standard InChI is InChI=1S/C14H19F2NO/c1-18-11-4-6-14(9-17,7-5-11)12-8-10(15)2-3-13(12)16/h2-3,8,11H,4-7,9,17H2,1H3. The number of rotatable bonds is 3. The molecule has 2 rings (SSSR count). The maximum absolute atomic E-state index is 13.9. The minimum Gasteiger partial charge on any atom is -0.381 e. The summed E-state index contributed by atoms with van der Waals surface area (Å²) in [6.45, 7) is 0.337. The Bertz CT molecular complexity index is 414. The van der Waals surface area contributed by atoms with Crippen LogP contribution in [0.4, 0.5) is 8.78 Å². The van der Waals surface area contributed by atoms with E-state index in [1.807, 2.05) is 0 Å². The fourth-order valence-electron chi connectivity index (χ4n) is 2.87. The topological polar surface area (TPSA) is 35.2 Å². The summed E-state index contributed by atoms with van der Waals surface area (Å²) in [4.78, 5) is 0. The highest BCUT2D eigenvalue weighted by molar-refractivity contribution is 5.29. The Morgan fingerprint density at radius 3 is 2.56 bits per heavy atom. The average molecular weight is 255 g/mol. The Morgan fingerprint density at radius 1 is 1.33 bits per heavy atom. The van der Waals surface area contributed by atoms with Crippen LogP contribution in [0.25, 0.3) is 0 Å². The second kappa shape index (κ2) is 5.33. The number of hydrogen-bond donors (Lipinski definition) is 1. The van der Waals surface area contributed by atoms with Crippen molar-refractivity contribution in [2.75, 3.05) is 13.7 Å². The Hall–Kier alpha value is -1.00. The average Bonchev–Trinajstić information content (AvgIpc) is 2.41. The van der Waals surface area contributed by atoms with E-state index in [4.69, 9.17) is 10.5 Å². The molecule has 2 nitrogen and oxygen atoms in total. The lowest BCUT2D eigenvalue weighted by atomic mass is 9.68. The summed E-state index contributed by atoms with van der Waals surface area (Å²) < 4.78 is 32.5. The molecule has 100 valence electrons. The van der Waals surface area contributed by atoms with E-state index in [0.717, 1.165) is 31.7 Å². The van der Waals surface area contributed by atoms with Crippen LogP contribution >= 0.6 is 0 Å². The molecular weight excluding hydrogens is 236 g/mol. The number of ether oxygens (including phenoxy) is 1. The zero-order valence-electron chi connectivity index (χ0n) is 10.6. The van der Waals surface area contributed by atoms with Crippen molar-refractivity contribution in [2.45, 2.75) is 37.2 Å². The Morgan fingerprint density at radius 2 is 2.00 bits per heavy atom. The molecule has 0 aliphatic heterocycles. The number of benzene rings is 1. The monoisotopic (exact) mass is 255 g/mol. The Kier molecular flexibility index (Phi) is 3.97. The molecule has 1 saturated carbocycles. The van der Waals surface area contributed by atoms with E-state index in [0.29, 0.717) is 12.1 Å². The van der Waals surface area contributed by atoms with Crippen molar-refractivity contribution in [3.63, 3.8) is 0 Å². The van der Waals surface area contributed by atoms with Gasteiger partial charge in [-0.1, -0.05) is 0 Å². The first-order valence-electron chi connectivity index (χ1n) is 6.30. The molecule has 4 heteroatoms. The van der Waals surface area contributed by atoms with Crippen molar-refractivity contribution >= 4 is 0 Å². The third-order valence-corrected chi connectivity index (χ3v) is 4.11. The molecular formula is C14H19F2NO. The highest BCUT2D eigenvalue weighted by atomic mass is 19.1. The van der Waals surface area contributed by atoms with Gasteiger partial charge in [0.2, 0.25) is 0 Å². The number of nitrogens with two attached hydrogens (primary N) is 1. The van der Waals surface area contributed by atoms with Crippen molar-refractivity contribution < 1.29 is 13.5 Å². The van der Waals surface area contributed by atoms with E-state index >= 15 is 0 Å². The smallest absolute Gasteiger partial charge is 0.127 e. The molecule has 2 N–H and O–H groups in total. The lowest BCUT2D eigenvalue weighted by molar-refractivity contribution is 0.0490. The van der Waals surface area contributed by atoms with Crippen molar-refractivity contribution in [3.8, 4) is 0 Å². The second-order valence-corrected chi connectivity index (χ2v) is 5.04. The fourth-order valence-corrected chi connectivity index (χ4v) is 2.87. The lowest BCUT2D eigenvalue weighted by Gasteiger charge is -2.39. The highest BCUT2D eigenvalue weighted by Crippen LogP contribution is 2.40. The largest absolute Gasteiger partial charge is 0.381 e. The van der Waals surface area contributed by atoms with Crippen LogP contribution in [0, 0.1) is 11.6 Å². The van der Waals surface area contributed by atoms with Gasteiger partial charge in [-0.3, -0.25) is 0 Å². The highest BCUT2D eigenvalue weighted by Gasteiger charge is 2.37. The molecule has 0 spiro atoms. The molecule has 0 aromatic heterocycles. The second-order valence-electron chi connectivity index (χ2n) is 5.04. The normalized spacial score (nSPS) is 28.3. The minimum absolute atomic E-state index is 0.210. The lowest BCUT2D eigenvalue weighted by Crippen LogP contribution is -2.41. The van der Waals surface area contributed by atoms with E-state index in [9.17, 15) is 8.78 Å². The molecule has 1 aliphatic rings. The predicted molar refractivity (Wildman–Crippen MR) is 66.4 cm³/mol. The maximum atomic E-state index is 13.9. The molecule has 1 fully saturated rings. The van der Waals surface area contributed by atoms with E-state index in [1.54, 1.807) is 7.11 Å². The van der Waals surface area contributed by atoms with Crippen LogP contribution in [0.1, 0.15) is 31.2 Å². The quantitative estimate of drug-likeness (QED) is 0.901. The Balaban J connectivity index is 2.30. The van der Waals surface area contributed by atoms with E-state index in [-0.39, 0.29) is 11.9 Å². The van der Waals surface area contributed by atoms with Crippen LogP contribution in [0.15, 0.2) is 18.2 Å². The van der Waals surface area contributed by atoms with Gasteiger partial charge in [-0.2, -0.15) is 0 Å². The molecule has 0 bridgehead atoms. The van der Waals surface area contributed by atoms with Gasteiger partial charge in [-0.25, -0.2) is 8.78 Å².